The van der Waals surface area contributed by atoms with Crippen molar-refractivity contribution < 1.29 is 26.4 Å². The minimum Gasteiger partial charge on any atom is -0.495 e. The van der Waals surface area contributed by atoms with E-state index in [9.17, 15) is 21.6 Å². The molecule has 0 bridgehead atoms. The summed E-state index contributed by atoms with van der Waals surface area (Å²) < 4.78 is 61.7. The van der Waals surface area contributed by atoms with E-state index >= 15 is 0 Å². The molecule has 1 amide bonds. The number of benzene rings is 3. The lowest BCUT2D eigenvalue weighted by Crippen LogP contribution is -2.35. The molecule has 11 heteroatoms. The summed E-state index contributed by atoms with van der Waals surface area (Å²) in [5.74, 6) is -0.317. The quantitative estimate of drug-likeness (QED) is 0.400. The van der Waals surface area contributed by atoms with E-state index in [0.717, 1.165) is 19.3 Å². The first-order valence-corrected chi connectivity index (χ1v) is 15.7. The first kappa shape index (κ1) is 28.6. The van der Waals surface area contributed by atoms with Crippen molar-refractivity contribution in [1.29, 1.82) is 0 Å². The molecule has 0 spiro atoms. The SMILES string of the molecule is CCN(c1ccccc1)S(=O)(=O)c1cc(C(=O)Nc2cc(S(=O)(=O)N3CCCCC3)ccc2OC)ccc1C. The van der Waals surface area contributed by atoms with Gasteiger partial charge < -0.3 is 10.1 Å². The van der Waals surface area contributed by atoms with Crippen LogP contribution in [0.2, 0.25) is 0 Å². The van der Waals surface area contributed by atoms with E-state index in [1.165, 1.54) is 46.1 Å². The zero-order valence-corrected chi connectivity index (χ0v) is 23.9. The van der Waals surface area contributed by atoms with Crippen LogP contribution >= 0.6 is 0 Å². The molecule has 208 valence electrons. The Morgan fingerprint density at radius 2 is 1.64 bits per heavy atom. The number of nitrogens with one attached hydrogen (secondary N) is 1. The number of carbonyl (C=O) groups is 1. The highest BCUT2D eigenvalue weighted by Crippen LogP contribution is 2.31. The molecule has 3 aromatic carbocycles. The van der Waals surface area contributed by atoms with Crippen LogP contribution in [0.15, 0.2) is 76.5 Å². The van der Waals surface area contributed by atoms with Crippen LogP contribution in [-0.4, -0.2) is 53.8 Å². The number of hydrogen-bond acceptors (Lipinski definition) is 6. The number of carbonyl (C=O) groups excluding carboxylic acids is 1. The van der Waals surface area contributed by atoms with Crippen LogP contribution in [0.25, 0.3) is 0 Å². The molecule has 4 rings (SSSR count). The second-order valence-corrected chi connectivity index (χ2v) is 13.0. The van der Waals surface area contributed by atoms with Crippen molar-refractivity contribution in [3.05, 3.63) is 77.9 Å². The fourth-order valence-corrected chi connectivity index (χ4v) is 7.89. The molecular formula is C28H33N3O6S2. The number of amides is 1. The number of nitrogens with zero attached hydrogens (tertiary/aromatic N) is 2. The van der Waals surface area contributed by atoms with E-state index in [2.05, 4.69) is 5.32 Å². The summed E-state index contributed by atoms with van der Waals surface area (Å²) in [5.41, 5.74) is 1.29. The number of para-hydroxylation sites is 1. The highest BCUT2D eigenvalue weighted by molar-refractivity contribution is 7.93. The van der Waals surface area contributed by atoms with Crippen molar-refractivity contribution in [2.45, 2.75) is 42.9 Å². The minimum atomic E-state index is -3.97. The van der Waals surface area contributed by atoms with Crippen LogP contribution in [0.1, 0.15) is 42.1 Å². The maximum Gasteiger partial charge on any atom is 0.264 e. The maximum absolute atomic E-state index is 13.6. The van der Waals surface area contributed by atoms with E-state index < -0.39 is 26.0 Å². The number of rotatable bonds is 9. The van der Waals surface area contributed by atoms with E-state index in [4.69, 9.17) is 4.74 Å². The molecule has 1 N–H and O–H groups in total. The molecule has 0 radical (unpaired) electrons. The van der Waals surface area contributed by atoms with Crippen LogP contribution in [0.3, 0.4) is 0 Å². The van der Waals surface area contributed by atoms with Gasteiger partial charge >= 0.3 is 0 Å². The van der Waals surface area contributed by atoms with Crippen molar-refractivity contribution in [2.75, 3.05) is 36.4 Å². The van der Waals surface area contributed by atoms with Gasteiger partial charge in [-0.1, -0.05) is 30.7 Å². The largest absolute Gasteiger partial charge is 0.495 e. The predicted molar refractivity (Wildman–Crippen MR) is 151 cm³/mol. The van der Waals surface area contributed by atoms with Crippen LogP contribution in [0.5, 0.6) is 5.75 Å². The highest BCUT2D eigenvalue weighted by atomic mass is 32.2. The number of anilines is 2. The Bertz CT molecular complexity index is 1550. The summed E-state index contributed by atoms with van der Waals surface area (Å²) in [6.07, 6.45) is 2.60. The van der Waals surface area contributed by atoms with Crippen molar-refractivity contribution in [2.24, 2.45) is 0 Å². The van der Waals surface area contributed by atoms with Crippen molar-refractivity contribution >= 4 is 37.3 Å². The summed E-state index contributed by atoms with van der Waals surface area (Å²) >= 11 is 0. The van der Waals surface area contributed by atoms with Crippen molar-refractivity contribution in [3.8, 4) is 5.75 Å². The monoisotopic (exact) mass is 571 g/mol. The van der Waals surface area contributed by atoms with Gasteiger partial charge in [0.05, 0.1) is 28.3 Å². The summed E-state index contributed by atoms with van der Waals surface area (Å²) in [7, 11) is -6.29. The van der Waals surface area contributed by atoms with Crippen LogP contribution in [0.4, 0.5) is 11.4 Å². The molecule has 9 nitrogen and oxygen atoms in total. The minimum absolute atomic E-state index is 0.00856. The van der Waals surface area contributed by atoms with Gasteiger partial charge in [-0.15, -0.1) is 0 Å². The van der Waals surface area contributed by atoms with E-state index in [1.54, 1.807) is 50.2 Å². The zero-order chi connectivity index (χ0) is 28.2. The van der Waals surface area contributed by atoms with Gasteiger partial charge in [-0.2, -0.15) is 4.31 Å². The standard InChI is InChI=1S/C28H33N3O6S2/c1-4-31(23-11-7-5-8-12-23)39(35,36)27-19-22(14-13-21(27)2)28(32)29-25-20-24(15-16-26(25)37-3)38(33,34)30-17-9-6-10-18-30/h5,7-8,11-16,19-20H,4,6,9-10,17-18H2,1-3H3,(H,29,32). The molecule has 1 fully saturated rings. The summed E-state index contributed by atoms with van der Waals surface area (Å²) in [5, 5.41) is 2.71. The molecule has 1 saturated heterocycles. The normalized spacial score (nSPS) is 14.5. The summed E-state index contributed by atoms with van der Waals surface area (Å²) in [4.78, 5) is 13.4. The van der Waals surface area contributed by atoms with E-state index in [0.29, 0.717) is 24.3 Å². The third-order valence-electron chi connectivity index (χ3n) is 6.72. The van der Waals surface area contributed by atoms with E-state index in [1.807, 2.05) is 0 Å². The first-order chi connectivity index (χ1) is 18.6. The van der Waals surface area contributed by atoms with Crippen LogP contribution in [0, 0.1) is 6.92 Å². The third-order valence-corrected chi connectivity index (χ3v) is 10.7. The predicted octanol–water partition coefficient (Wildman–Crippen LogP) is 4.65. The fourth-order valence-electron chi connectivity index (χ4n) is 4.62. The topological polar surface area (TPSA) is 113 Å². The number of sulfonamides is 2. The Kier molecular flexibility index (Phi) is 8.63. The van der Waals surface area contributed by atoms with Gasteiger partial charge in [0.1, 0.15) is 5.75 Å². The molecule has 0 aliphatic carbocycles. The Hall–Kier alpha value is -3.41. The van der Waals surface area contributed by atoms with E-state index in [-0.39, 0.29) is 33.3 Å². The Balaban J connectivity index is 1.66. The van der Waals surface area contributed by atoms with Gasteiger partial charge in [-0.05, 0) is 74.7 Å². The van der Waals surface area contributed by atoms with Gasteiger partial charge in [-0.25, -0.2) is 16.8 Å². The Morgan fingerprint density at radius 1 is 0.949 bits per heavy atom. The van der Waals surface area contributed by atoms with Gasteiger partial charge in [0.15, 0.2) is 0 Å². The lowest BCUT2D eigenvalue weighted by Gasteiger charge is -2.26. The molecule has 0 saturated carbocycles. The lowest BCUT2D eigenvalue weighted by atomic mass is 10.1. The smallest absolute Gasteiger partial charge is 0.264 e. The van der Waals surface area contributed by atoms with Crippen LogP contribution in [-0.2, 0) is 20.0 Å². The molecular weight excluding hydrogens is 538 g/mol. The molecule has 1 aliphatic heterocycles. The van der Waals surface area contributed by atoms with Gasteiger partial charge in [0.2, 0.25) is 10.0 Å². The van der Waals surface area contributed by atoms with Gasteiger partial charge in [-0.3, -0.25) is 9.10 Å². The molecule has 1 heterocycles. The Morgan fingerprint density at radius 3 is 2.28 bits per heavy atom. The summed E-state index contributed by atoms with van der Waals surface area (Å²) in [6, 6.07) is 17.5. The first-order valence-electron chi connectivity index (χ1n) is 12.8. The number of ether oxygens (including phenoxy) is 1. The molecule has 1 aliphatic rings. The van der Waals surface area contributed by atoms with Gasteiger partial charge in [0.25, 0.3) is 15.9 Å². The maximum atomic E-state index is 13.6. The fraction of sp³-hybridized carbons (Fsp3) is 0.321. The third kappa shape index (κ3) is 5.95. The molecule has 0 unspecified atom stereocenters. The van der Waals surface area contributed by atoms with Crippen LogP contribution < -0.4 is 14.4 Å². The van der Waals surface area contributed by atoms with Crippen molar-refractivity contribution in [1.82, 2.24) is 4.31 Å². The average Bonchev–Trinajstić information content (AvgIpc) is 2.94. The number of methoxy groups -OCH3 is 1. The number of piperidine rings is 1. The number of aryl methyl sites for hydroxylation is 1. The van der Waals surface area contributed by atoms with Gasteiger partial charge in [0, 0.05) is 25.2 Å². The van der Waals surface area contributed by atoms with Crippen molar-refractivity contribution in [3.63, 3.8) is 0 Å². The second kappa shape index (κ2) is 11.8. The molecule has 39 heavy (non-hydrogen) atoms. The Labute approximate surface area is 230 Å². The highest BCUT2D eigenvalue weighted by Gasteiger charge is 2.28. The second-order valence-electron chi connectivity index (χ2n) is 9.27. The summed E-state index contributed by atoms with van der Waals surface area (Å²) in [6.45, 7) is 4.53. The molecule has 3 aromatic rings. The molecule has 0 atom stereocenters. The molecule has 0 aromatic heterocycles. The lowest BCUT2D eigenvalue weighted by molar-refractivity contribution is 0.102. The average molecular weight is 572 g/mol. The zero-order valence-electron chi connectivity index (χ0n) is 22.3. The number of hydrogen-bond donors (Lipinski definition) is 1.